The first-order valence-electron chi connectivity index (χ1n) is 9.56. The number of nitrogens with zero attached hydrogens (tertiary/aromatic N) is 3. The first-order chi connectivity index (χ1) is 15.7. The summed E-state index contributed by atoms with van der Waals surface area (Å²) in [5, 5.41) is 39.2. The Balaban J connectivity index is 1.66. The van der Waals surface area contributed by atoms with Gasteiger partial charge < -0.3 is 24.6 Å². The smallest absolute Gasteiger partial charge is 0.250 e. The molecule has 1 aliphatic rings. The first kappa shape index (κ1) is 24.0. The molecule has 2 aromatic carbocycles. The minimum atomic E-state index is -1.93. The van der Waals surface area contributed by atoms with Gasteiger partial charge in [0.25, 0.3) is 0 Å². The number of rotatable bonds is 5. The molecule has 33 heavy (non-hydrogen) atoms. The topological polar surface area (TPSA) is 124 Å². The van der Waals surface area contributed by atoms with Crippen LogP contribution in [-0.2, 0) is 15.9 Å². The molecule has 0 bridgehead atoms. The zero-order chi connectivity index (χ0) is 23.9. The fourth-order valence-corrected chi connectivity index (χ4v) is 4.97. The molecule has 176 valence electrons. The van der Waals surface area contributed by atoms with Crippen LogP contribution >= 0.6 is 11.6 Å². The highest BCUT2D eigenvalue weighted by atomic mass is 35.5. The van der Waals surface area contributed by atoms with Crippen LogP contribution in [0.1, 0.15) is 6.04 Å². The van der Waals surface area contributed by atoms with Crippen LogP contribution in [0.5, 0.6) is 0 Å². The zero-order valence-electron chi connectivity index (χ0n) is 16.6. The van der Waals surface area contributed by atoms with Gasteiger partial charge >= 0.3 is 0 Å². The van der Waals surface area contributed by atoms with E-state index in [2.05, 4.69) is 10.3 Å². The summed E-state index contributed by atoms with van der Waals surface area (Å²) < 4.78 is 60.0. The van der Waals surface area contributed by atoms with Crippen LogP contribution in [0, 0.1) is 17.5 Å². The second-order valence-corrected chi connectivity index (χ2v) is 9.25. The molecule has 1 aromatic heterocycles. The van der Waals surface area contributed by atoms with Gasteiger partial charge in [0.1, 0.15) is 23.9 Å². The molecule has 4 rings (SSSR count). The Morgan fingerprint density at radius 3 is 2.33 bits per heavy atom. The van der Waals surface area contributed by atoms with Gasteiger partial charge in [-0.15, -0.1) is 5.10 Å². The van der Waals surface area contributed by atoms with Crippen molar-refractivity contribution in [2.45, 2.75) is 34.7 Å². The lowest BCUT2D eigenvalue weighted by Gasteiger charge is -2.41. The number of aliphatic hydroxyl groups is 3. The van der Waals surface area contributed by atoms with Crippen LogP contribution in [0.4, 0.5) is 13.2 Å². The van der Waals surface area contributed by atoms with E-state index in [-0.39, 0.29) is 16.2 Å². The zero-order valence-corrected chi connectivity index (χ0v) is 18.1. The van der Waals surface area contributed by atoms with E-state index in [0.717, 1.165) is 16.8 Å². The quantitative estimate of drug-likeness (QED) is 0.358. The van der Waals surface area contributed by atoms with E-state index in [1.54, 1.807) is 0 Å². The SMILES string of the molecule is [O-][S+](c1ccc(Cl)cc1)[C@H]1OC(CO)[C@H](O)C(n2cc(-c3cc(F)c(F)c(F)c3)nn2)C1O. The van der Waals surface area contributed by atoms with E-state index < -0.39 is 65.0 Å². The van der Waals surface area contributed by atoms with Crippen molar-refractivity contribution in [1.29, 1.82) is 0 Å². The highest BCUT2D eigenvalue weighted by molar-refractivity contribution is 7.92. The summed E-state index contributed by atoms with van der Waals surface area (Å²) in [6.07, 6.45) is -3.14. The molecule has 0 radical (unpaired) electrons. The standard InChI is InChI=1S/C20H17ClF3N3O5S/c21-10-1-3-11(4-2-10)33(31)20-19(30)17(18(29)15(8-28)32-20)27-7-14(25-26-27)9-5-12(22)16(24)13(23)6-9/h1-7,15,17-20,28-30H,8H2/t15?,17?,18-,19?,20+,33?/m0/s1. The molecule has 0 spiro atoms. The van der Waals surface area contributed by atoms with Crippen molar-refractivity contribution < 1.29 is 37.8 Å². The maximum Gasteiger partial charge on any atom is 0.250 e. The molecule has 1 aliphatic heterocycles. The summed E-state index contributed by atoms with van der Waals surface area (Å²) in [6.45, 7) is -0.658. The van der Waals surface area contributed by atoms with Crippen LogP contribution in [0.2, 0.25) is 5.02 Å². The first-order valence-corrected chi connectivity index (χ1v) is 11.2. The van der Waals surface area contributed by atoms with Gasteiger partial charge in [-0.1, -0.05) is 16.8 Å². The van der Waals surface area contributed by atoms with Gasteiger partial charge in [-0.2, -0.15) is 0 Å². The Kier molecular flexibility index (Phi) is 6.96. The van der Waals surface area contributed by atoms with Crippen LogP contribution in [0.15, 0.2) is 47.5 Å². The molecule has 6 atom stereocenters. The molecule has 1 fully saturated rings. The molecule has 0 aliphatic carbocycles. The van der Waals surface area contributed by atoms with Crippen molar-refractivity contribution in [2.75, 3.05) is 6.61 Å². The second-order valence-electron chi connectivity index (χ2n) is 7.29. The average molecular weight is 504 g/mol. The number of hydrogen-bond acceptors (Lipinski definition) is 7. The van der Waals surface area contributed by atoms with E-state index in [1.165, 1.54) is 30.5 Å². The summed E-state index contributed by atoms with van der Waals surface area (Å²) in [5.41, 5.74) is -1.58. The van der Waals surface area contributed by atoms with Gasteiger partial charge in [-0.05, 0) is 36.4 Å². The molecule has 0 amide bonds. The number of aromatic nitrogens is 3. The van der Waals surface area contributed by atoms with Gasteiger partial charge in [-0.25, -0.2) is 17.9 Å². The molecule has 2 heterocycles. The number of hydrogen-bond donors (Lipinski definition) is 3. The average Bonchev–Trinajstić information content (AvgIpc) is 3.27. The molecule has 3 N–H and O–H groups in total. The minimum Gasteiger partial charge on any atom is -0.609 e. The Bertz CT molecular complexity index is 1120. The van der Waals surface area contributed by atoms with Crippen molar-refractivity contribution in [1.82, 2.24) is 15.0 Å². The molecule has 0 saturated carbocycles. The number of aliphatic hydroxyl groups excluding tert-OH is 3. The van der Waals surface area contributed by atoms with Crippen molar-refractivity contribution >= 4 is 22.8 Å². The van der Waals surface area contributed by atoms with E-state index in [9.17, 15) is 33.0 Å². The van der Waals surface area contributed by atoms with Crippen LogP contribution in [0.25, 0.3) is 11.3 Å². The lowest BCUT2D eigenvalue weighted by molar-refractivity contribution is -0.180. The summed E-state index contributed by atoms with van der Waals surface area (Å²) in [4.78, 5) is 0.284. The van der Waals surface area contributed by atoms with Crippen LogP contribution in [-0.4, -0.2) is 65.2 Å². The van der Waals surface area contributed by atoms with Crippen LogP contribution in [0.3, 0.4) is 0 Å². The molecule has 8 nitrogen and oxygen atoms in total. The Morgan fingerprint density at radius 2 is 1.73 bits per heavy atom. The molecular weight excluding hydrogens is 487 g/mol. The van der Waals surface area contributed by atoms with E-state index >= 15 is 0 Å². The number of ether oxygens (including phenoxy) is 1. The molecule has 3 aromatic rings. The van der Waals surface area contributed by atoms with Crippen molar-refractivity contribution in [3.63, 3.8) is 0 Å². The fourth-order valence-electron chi connectivity index (χ4n) is 3.52. The van der Waals surface area contributed by atoms with Gasteiger partial charge in [0.05, 0.1) is 12.8 Å². The second kappa shape index (κ2) is 9.58. The summed E-state index contributed by atoms with van der Waals surface area (Å²) in [7, 11) is 0. The lowest BCUT2D eigenvalue weighted by Crippen LogP contribution is -2.58. The third kappa shape index (κ3) is 4.60. The summed E-state index contributed by atoms with van der Waals surface area (Å²) in [6, 6.07) is 6.13. The van der Waals surface area contributed by atoms with Crippen LogP contribution < -0.4 is 0 Å². The van der Waals surface area contributed by atoms with Gasteiger partial charge in [-0.3, -0.25) is 0 Å². The molecule has 4 unspecified atom stereocenters. The number of benzene rings is 2. The Labute approximate surface area is 193 Å². The van der Waals surface area contributed by atoms with E-state index in [0.29, 0.717) is 5.02 Å². The monoisotopic (exact) mass is 503 g/mol. The largest absolute Gasteiger partial charge is 0.609 e. The predicted molar refractivity (Wildman–Crippen MR) is 110 cm³/mol. The van der Waals surface area contributed by atoms with E-state index in [1.807, 2.05) is 0 Å². The molecule has 13 heteroatoms. The highest BCUT2D eigenvalue weighted by Gasteiger charge is 2.51. The normalized spacial score (nSPS) is 26.4. The summed E-state index contributed by atoms with van der Waals surface area (Å²) >= 11 is 3.91. The third-order valence-electron chi connectivity index (χ3n) is 5.20. The van der Waals surface area contributed by atoms with Gasteiger partial charge in [0.15, 0.2) is 28.5 Å². The molecular formula is C20H17ClF3N3O5S. The third-order valence-corrected chi connectivity index (χ3v) is 7.00. The molecule has 1 saturated heterocycles. The minimum absolute atomic E-state index is 0.0744. The highest BCUT2D eigenvalue weighted by Crippen LogP contribution is 2.35. The van der Waals surface area contributed by atoms with Gasteiger partial charge in [0, 0.05) is 21.8 Å². The van der Waals surface area contributed by atoms with Crippen molar-refractivity contribution in [3.8, 4) is 11.3 Å². The fraction of sp³-hybridized carbons (Fsp3) is 0.300. The lowest BCUT2D eigenvalue weighted by atomic mass is 9.97. The van der Waals surface area contributed by atoms with Gasteiger partial charge in [0.2, 0.25) is 5.44 Å². The van der Waals surface area contributed by atoms with Crippen molar-refractivity contribution in [2.24, 2.45) is 0 Å². The Morgan fingerprint density at radius 1 is 1.09 bits per heavy atom. The predicted octanol–water partition coefficient (Wildman–Crippen LogP) is 1.80. The van der Waals surface area contributed by atoms with Crippen molar-refractivity contribution in [3.05, 3.63) is 65.1 Å². The van der Waals surface area contributed by atoms with E-state index in [4.69, 9.17) is 16.3 Å². The number of halogens is 4. The summed E-state index contributed by atoms with van der Waals surface area (Å²) in [5.74, 6) is -4.49. The Hall–Kier alpha value is -2.19. The maximum absolute atomic E-state index is 13.6. The maximum atomic E-state index is 13.6.